The fourth-order valence-electron chi connectivity index (χ4n) is 0.357. The number of carbonyl (C=O) groups is 2. The quantitative estimate of drug-likeness (QED) is 0.452. The van der Waals surface area contributed by atoms with Gasteiger partial charge in [0.25, 0.3) is 0 Å². The van der Waals surface area contributed by atoms with Gasteiger partial charge in [0, 0.05) is 6.42 Å². The van der Waals surface area contributed by atoms with Crippen molar-refractivity contribution >= 4 is 20.0 Å². The second kappa shape index (κ2) is 5.06. The summed E-state index contributed by atoms with van der Waals surface area (Å²) in [6.45, 7) is 0. The molecule has 0 N–H and O–H groups in total. The lowest BCUT2D eigenvalue weighted by molar-refractivity contribution is -0.141. The molecular weight excluding hydrogens is 155 g/mol. The van der Waals surface area contributed by atoms with Crippen molar-refractivity contribution in [2.45, 2.75) is 12.8 Å². The van der Waals surface area contributed by atoms with Crippen LogP contribution in [0.1, 0.15) is 12.8 Å². The minimum atomic E-state index is -0.542. The van der Waals surface area contributed by atoms with Gasteiger partial charge < -0.3 is 4.74 Å². The molecule has 0 heterocycles. The van der Waals surface area contributed by atoms with Crippen LogP contribution in [0.3, 0.4) is 0 Å². The zero-order valence-corrected chi connectivity index (χ0v) is 6.39. The van der Waals surface area contributed by atoms with Crippen LogP contribution in [0.15, 0.2) is 0 Å². The molecule has 0 fully saturated rings. The van der Waals surface area contributed by atoms with Crippen LogP contribution < -0.4 is 0 Å². The molecule has 0 saturated carbocycles. The molecule has 0 aliphatic heterocycles. The Morgan fingerprint density at radius 2 is 2.00 bits per heavy atom. The normalized spacial score (nSPS) is 9.30. The highest BCUT2D eigenvalue weighted by Gasteiger charge is 2.05. The number of rotatable bonds is 4. The molecule has 0 bridgehead atoms. The smallest absolute Gasteiger partial charge is 0.305 e. The summed E-state index contributed by atoms with van der Waals surface area (Å²) in [5, 5.41) is 0. The molecule has 0 aromatic rings. The fraction of sp³-hybridized carbons (Fsp3) is 0.600. The number of esters is 1. The summed E-state index contributed by atoms with van der Waals surface area (Å²) in [6, 6.07) is 0. The van der Waals surface area contributed by atoms with Gasteiger partial charge in [-0.2, -0.15) is 0 Å². The molecule has 10 heavy (non-hydrogen) atoms. The van der Waals surface area contributed by atoms with Gasteiger partial charge in [0.1, 0.15) is 0 Å². The highest BCUT2D eigenvalue weighted by molar-refractivity contribution is 7.46. The van der Waals surface area contributed by atoms with Crippen LogP contribution in [-0.2, 0) is 18.9 Å². The summed E-state index contributed by atoms with van der Waals surface area (Å²) >= 11 is 0. The summed E-state index contributed by atoms with van der Waals surface area (Å²) in [5.41, 5.74) is -0.481. The molecule has 0 atom stereocenters. The van der Waals surface area contributed by atoms with Crippen molar-refractivity contribution in [3.63, 3.8) is 0 Å². The SMILES string of the molecule is COC(=O)CCC(=O)P=O. The van der Waals surface area contributed by atoms with Crippen molar-refractivity contribution in [2.24, 2.45) is 0 Å². The zero-order chi connectivity index (χ0) is 7.98. The summed E-state index contributed by atoms with van der Waals surface area (Å²) in [6.07, 6.45) is -0.0116. The molecule has 56 valence electrons. The number of hydrogen-bond acceptors (Lipinski definition) is 4. The lowest BCUT2D eigenvalue weighted by atomic mass is 10.3. The predicted octanol–water partition coefficient (Wildman–Crippen LogP) is 0.758. The molecule has 0 aliphatic rings. The molecule has 0 spiro atoms. The molecule has 0 amide bonds. The zero-order valence-electron chi connectivity index (χ0n) is 5.49. The lowest BCUT2D eigenvalue weighted by Gasteiger charge is -1.92. The van der Waals surface area contributed by atoms with Gasteiger partial charge in [-0.05, 0) is 0 Å². The van der Waals surface area contributed by atoms with Crippen LogP contribution in [0.4, 0.5) is 0 Å². The molecule has 4 nitrogen and oxygen atoms in total. The van der Waals surface area contributed by atoms with Gasteiger partial charge in [0.05, 0.1) is 13.5 Å². The van der Waals surface area contributed by atoms with Crippen molar-refractivity contribution < 1.29 is 18.9 Å². The van der Waals surface area contributed by atoms with E-state index >= 15 is 0 Å². The average molecular weight is 162 g/mol. The first-order valence-electron chi connectivity index (χ1n) is 2.63. The summed E-state index contributed by atoms with van der Waals surface area (Å²) in [5.74, 6) is -0.461. The van der Waals surface area contributed by atoms with Crippen LogP contribution >= 0.6 is 8.46 Å². The summed E-state index contributed by atoms with van der Waals surface area (Å²) in [7, 11) is 0.696. The summed E-state index contributed by atoms with van der Waals surface area (Å²) in [4.78, 5) is 20.7. The minimum absolute atomic E-state index is 0.00454. The summed E-state index contributed by atoms with van der Waals surface area (Å²) < 4.78 is 14.1. The fourth-order valence-corrected chi connectivity index (χ4v) is 0.560. The first kappa shape index (κ1) is 9.24. The van der Waals surface area contributed by atoms with Crippen LogP contribution in [0.5, 0.6) is 0 Å². The van der Waals surface area contributed by atoms with Gasteiger partial charge in [-0.3, -0.25) is 14.2 Å². The largest absolute Gasteiger partial charge is 0.469 e. The molecule has 5 heteroatoms. The molecule has 0 aliphatic carbocycles. The number of hydrogen-bond donors (Lipinski definition) is 0. The maximum Gasteiger partial charge on any atom is 0.305 e. The molecule has 0 aromatic carbocycles. The third-order valence-electron chi connectivity index (χ3n) is 0.872. The highest BCUT2D eigenvalue weighted by Crippen LogP contribution is 2.02. The van der Waals surface area contributed by atoms with E-state index in [0.29, 0.717) is 0 Å². The molecule has 0 aromatic heterocycles. The minimum Gasteiger partial charge on any atom is -0.469 e. The van der Waals surface area contributed by atoms with E-state index < -0.39 is 20.0 Å². The van der Waals surface area contributed by atoms with Crippen molar-refractivity contribution in [3.05, 3.63) is 0 Å². The first-order valence-corrected chi connectivity index (χ1v) is 3.45. The molecule has 0 rings (SSSR count). The third-order valence-corrected chi connectivity index (χ3v) is 1.30. The monoisotopic (exact) mass is 162 g/mol. The van der Waals surface area contributed by atoms with Crippen LogP contribution in [0, 0.1) is 0 Å². The molecule has 0 unspecified atom stereocenters. The van der Waals surface area contributed by atoms with Gasteiger partial charge in [0.15, 0.2) is 0 Å². The Balaban J connectivity index is 3.44. The van der Waals surface area contributed by atoms with E-state index in [9.17, 15) is 14.2 Å². The van der Waals surface area contributed by atoms with Crippen LogP contribution in [0.25, 0.3) is 0 Å². The van der Waals surface area contributed by atoms with E-state index in [0.717, 1.165) is 0 Å². The Labute approximate surface area is 59.8 Å². The second-order valence-electron chi connectivity index (χ2n) is 1.56. The van der Waals surface area contributed by atoms with Gasteiger partial charge in [-0.15, -0.1) is 0 Å². The molecule has 0 radical (unpaired) electrons. The van der Waals surface area contributed by atoms with Crippen molar-refractivity contribution in [2.75, 3.05) is 7.11 Å². The van der Waals surface area contributed by atoms with Gasteiger partial charge >= 0.3 is 5.97 Å². The maximum atomic E-state index is 10.4. The van der Waals surface area contributed by atoms with E-state index in [4.69, 9.17) is 0 Å². The topological polar surface area (TPSA) is 60.4 Å². The van der Waals surface area contributed by atoms with E-state index in [1.165, 1.54) is 7.11 Å². The van der Waals surface area contributed by atoms with Gasteiger partial charge in [0.2, 0.25) is 14.0 Å². The number of methoxy groups -OCH3 is 1. The van der Waals surface area contributed by atoms with Crippen LogP contribution in [-0.4, -0.2) is 18.6 Å². The van der Waals surface area contributed by atoms with Crippen molar-refractivity contribution in [3.8, 4) is 0 Å². The Hall–Kier alpha value is -0.760. The molecular formula is C5H7O4P. The van der Waals surface area contributed by atoms with E-state index in [1.807, 2.05) is 0 Å². The van der Waals surface area contributed by atoms with E-state index in [2.05, 4.69) is 4.74 Å². The Morgan fingerprint density at radius 1 is 1.40 bits per heavy atom. The van der Waals surface area contributed by atoms with Crippen molar-refractivity contribution in [1.29, 1.82) is 0 Å². The van der Waals surface area contributed by atoms with E-state index in [-0.39, 0.29) is 12.8 Å². The number of carbonyl (C=O) groups excluding carboxylic acids is 2. The average Bonchev–Trinajstić information content (AvgIpc) is 1.99. The lowest BCUT2D eigenvalue weighted by Crippen LogP contribution is -2.01. The van der Waals surface area contributed by atoms with Gasteiger partial charge in [-0.25, -0.2) is 0 Å². The first-order chi connectivity index (χ1) is 4.70. The Kier molecular flexibility index (Phi) is 4.67. The maximum absolute atomic E-state index is 10.4. The van der Waals surface area contributed by atoms with Gasteiger partial charge in [-0.1, -0.05) is 0 Å². The predicted molar refractivity (Wildman–Crippen MR) is 33.9 cm³/mol. The number of ether oxygens (including phenoxy) is 1. The Bertz CT molecular complexity index is 154. The Morgan fingerprint density at radius 3 is 2.40 bits per heavy atom. The van der Waals surface area contributed by atoms with E-state index in [1.54, 1.807) is 0 Å². The third kappa shape index (κ3) is 4.15. The highest BCUT2D eigenvalue weighted by atomic mass is 31.1. The standard InChI is InChI=1S/C5H7O4P/c1-9-4(6)2-3-5(7)10-8/h2-3H2,1H3. The molecule has 0 saturated heterocycles. The van der Waals surface area contributed by atoms with Crippen molar-refractivity contribution in [1.82, 2.24) is 0 Å². The second-order valence-corrected chi connectivity index (χ2v) is 2.24. The van der Waals surface area contributed by atoms with Crippen LogP contribution in [0.2, 0.25) is 0 Å².